The molecule has 2 aromatic rings. The van der Waals surface area contributed by atoms with Crippen LogP contribution in [-0.2, 0) is 0 Å². The summed E-state index contributed by atoms with van der Waals surface area (Å²) in [5, 5.41) is 8.80. The Labute approximate surface area is 105 Å². The van der Waals surface area contributed by atoms with Crippen molar-refractivity contribution < 1.29 is 4.39 Å². The van der Waals surface area contributed by atoms with E-state index in [0.717, 1.165) is 10.2 Å². The van der Waals surface area contributed by atoms with Crippen molar-refractivity contribution in [1.82, 2.24) is 14.9 Å². The van der Waals surface area contributed by atoms with Crippen LogP contribution < -0.4 is 5.32 Å². The molecule has 0 radical (unpaired) electrons. The van der Waals surface area contributed by atoms with Gasteiger partial charge in [-0.2, -0.15) is 0 Å². The fraction of sp³-hybridized carbons (Fsp3) is 0.200. The Balaban J connectivity index is 2.44. The van der Waals surface area contributed by atoms with Crippen LogP contribution in [0.2, 0.25) is 0 Å². The van der Waals surface area contributed by atoms with Crippen molar-refractivity contribution in [3.63, 3.8) is 0 Å². The largest absolute Gasteiger partial charge is 0.308 e. The zero-order valence-corrected chi connectivity index (χ0v) is 10.8. The number of hydrogen-bond acceptors (Lipinski definition) is 4. The van der Waals surface area contributed by atoms with Crippen molar-refractivity contribution in [1.29, 1.82) is 0 Å². The van der Waals surface area contributed by atoms with Gasteiger partial charge in [0.1, 0.15) is 5.82 Å². The van der Waals surface area contributed by atoms with E-state index in [2.05, 4.69) is 30.8 Å². The summed E-state index contributed by atoms with van der Waals surface area (Å²) in [6.07, 6.45) is 0. The lowest BCUT2D eigenvalue weighted by Crippen LogP contribution is -2.19. The fourth-order valence-corrected chi connectivity index (χ4v) is 2.35. The lowest BCUT2D eigenvalue weighted by molar-refractivity contribution is 0.569. The normalized spacial score (nSPS) is 12.7. The van der Waals surface area contributed by atoms with Gasteiger partial charge in [-0.1, -0.05) is 20.4 Å². The topological polar surface area (TPSA) is 37.8 Å². The molecule has 0 saturated heterocycles. The number of halogens is 2. The first-order chi connectivity index (χ1) is 7.72. The standard InChI is InChI=1S/C10H9BrFN3S/c1-13-10(9-5-16-15-14-9)7-4-6(11)2-3-8(7)12/h2-5,10,13H,1H3. The quantitative estimate of drug-likeness (QED) is 0.947. The van der Waals surface area contributed by atoms with E-state index in [9.17, 15) is 4.39 Å². The summed E-state index contributed by atoms with van der Waals surface area (Å²) in [5.74, 6) is -0.254. The van der Waals surface area contributed by atoms with E-state index in [1.54, 1.807) is 19.2 Å². The molecule has 1 atom stereocenters. The van der Waals surface area contributed by atoms with Crippen LogP contribution in [0.4, 0.5) is 4.39 Å². The van der Waals surface area contributed by atoms with Crippen molar-refractivity contribution in [3.8, 4) is 0 Å². The summed E-state index contributed by atoms with van der Waals surface area (Å²) in [5.41, 5.74) is 1.29. The molecule has 1 unspecified atom stereocenters. The molecule has 0 aliphatic rings. The second-order valence-electron chi connectivity index (χ2n) is 3.22. The smallest absolute Gasteiger partial charge is 0.128 e. The van der Waals surface area contributed by atoms with Gasteiger partial charge in [0.15, 0.2) is 0 Å². The SMILES string of the molecule is CNC(c1csnn1)c1cc(Br)ccc1F. The molecular formula is C10H9BrFN3S. The van der Waals surface area contributed by atoms with Gasteiger partial charge in [0.05, 0.1) is 11.7 Å². The lowest BCUT2D eigenvalue weighted by Gasteiger charge is -2.14. The van der Waals surface area contributed by atoms with Crippen LogP contribution in [0.1, 0.15) is 17.3 Å². The third-order valence-electron chi connectivity index (χ3n) is 2.23. The molecule has 84 valence electrons. The van der Waals surface area contributed by atoms with Crippen molar-refractivity contribution in [2.45, 2.75) is 6.04 Å². The molecule has 3 nitrogen and oxygen atoms in total. The Kier molecular flexibility index (Phi) is 3.63. The molecule has 0 spiro atoms. The van der Waals surface area contributed by atoms with Crippen LogP contribution in [0.3, 0.4) is 0 Å². The number of hydrogen-bond donors (Lipinski definition) is 1. The first kappa shape index (κ1) is 11.6. The van der Waals surface area contributed by atoms with Crippen LogP contribution >= 0.6 is 27.5 Å². The van der Waals surface area contributed by atoms with Gasteiger partial charge >= 0.3 is 0 Å². The third-order valence-corrected chi connectivity index (χ3v) is 3.25. The van der Waals surface area contributed by atoms with Gasteiger partial charge in [0.25, 0.3) is 0 Å². The molecule has 1 aromatic carbocycles. The van der Waals surface area contributed by atoms with Crippen LogP contribution in [0.5, 0.6) is 0 Å². The van der Waals surface area contributed by atoms with E-state index < -0.39 is 0 Å². The maximum atomic E-state index is 13.7. The van der Waals surface area contributed by atoms with E-state index in [1.807, 2.05) is 5.38 Å². The molecule has 1 aromatic heterocycles. The van der Waals surface area contributed by atoms with Crippen LogP contribution in [0.25, 0.3) is 0 Å². The highest BCUT2D eigenvalue weighted by Gasteiger charge is 2.18. The number of nitrogens with zero attached hydrogens (tertiary/aromatic N) is 2. The monoisotopic (exact) mass is 301 g/mol. The maximum Gasteiger partial charge on any atom is 0.128 e. The second-order valence-corrected chi connectivity index (χ2v) is 4.74. The molecule has 0 fully saturated rings. The Morgan fingerprint density at radius 3 is 2.94 bits per heavy atom. The van der Waals surface area contributed by atoms with Crippen molar-refractivity contribution in [2.24, 2.45) is 0 Å². The van der Waals surface area contributed by atoms with Gasteiger partial charge in [0, 0.05) is 15.4 Å². The van der Waals surface area contributed by atoms with Gasteiger partial charge in [-0.15, -0.1) is 5.10 Å². The van der Waals surface area contributed by atoms with Crippen LogP contribution in [-0.4, -0.2) is 16.6 Å². The highest BCUT2D eigenvalue weighted by molar-refractivity contribution is 9.10. The molecule has 2 rings (SSSR count). The summed E-state index contributed by atoms with van der Waals surface area (Å²) in [7, 11) is 1.77. The van der Waals surface area contributed by atoms with E-state index in [4.69, 9.17) is 0 Å². The Morgan fingerprint density at radius 2 is 2.31 bits per heavy atom. The summed E-state index contributed by atoms with van der Waals surface area (Å²) in [6.45, 7) is 0. The average molecular weight is 302 g/mol. The first-order valence-electron chi connectivity index (χ1n) is 4.61. The molecular weight excluding hydrogens is 293 g/mol. The number of aromatic nitrogens is 2. The highest BCUT2D eigenvalue weighted by atomic mass is 79.9. The number of benzene rings is 1. The minimum absolute atomic E-state index is 0.254. The minimum Gasteiger partial charge on any atom is -0.308 e. The van der Waals surface area contributed by atoms with Crippen LogP contribution in [0, 0.1) is 5.82 Å². The van der Waals surface area contributed by atoms with Gasteiger partial charge in [-0.25, -0.2) is 4.39 Å². The fourth-order valence-electron chi connectivity index (χ4n) is 1.50. The van der Waals surface area contributed by atoms with Gasteiger partial charge in [-0.05, 0) is 36.8 Å². The second kappa shape index (κ2) is 4.99. The lowest BCUT2D eigenvalue weighted by atomic mass is 10.0. The average Bonchev–Trinajstić information content (AvgIpc) is 2.78. The zero-order valence-electron chi connectivity index (χ0n) is 8.45. The first-order valence-corrected chi connectivity index (χ1v) is 6.24. The van der Waals surface area contributed by atoms with E-state index in [-0.39, 0.29) is 11.9 Å². The number of nitrogens with one attached hydrogen (secondary N) is 1. The molecule has 6 heteroatoms. The highest BCUT2D eigenvalue weighted by Crippen LogP contribution is 2.26. The Bertz CT molecular complexity index is 475. The molecule has 1 heterocycles. The molecule has 0 bridgehead atoms. The Morgan fingerprint density at radius 1 is 1.50 bits per heavy atom. The summed E-state index contributed by atoms with van der Waals surface area (Å²) >= 11 is 4.58. The van der Waals surface area contributed by atoms with E-state index in [1.165, 1.54) is 17.6 Å². The van der Waals surface area contributed by atoms with E-state index in [0.29, 0.717) is 5.56 Å². The summed E-state index contributed by atoms with van der Waals surface area (Å²) < 4.78 is 18.3. The third kappa shape index (κ3) is 2.28. The van der Waals surface area contributed by atoms with E-state index >= 15 is 0 Å². The molecule has 0 amide bonds. The zero-order chi connectivity index (χ0) is 11.5. The summed E-state index contributed by atoms with van der Waals surface area (Å²) in [4.78, 5) is 0. The Hall–Kier alpha value is -0.850. The van der Waals surface area contributed by atoms with Gasteiger partial charge < -0.3 is 5.32 Å². The maximum absolute atomic E-state index is 13.7. The predicted octanol–water partition coefficient (Wildman–Crippen LogP) is 2.75. The van der Waals surface area contributed by atoms with Crippen molar-refractivity contribution in [2.75, 3.05) is 7.05 Å². The van der Waals surface area contributed by atoms with Crippen molar-refractivity contribution >= 4 is 27.5 Å². The molecule has 0 aliphatic heterocycles. The molecule has 1 N–H and O–H groups in total. The predicted molar refractivity (Wildman–Crippen MR) is 64.9 cm³/mol. The molecule has 0 aliphatic carbocycles. The molecule has 0 saturated carbocycles. The van der Waals surface area contributed by atoms with Gasteiger partial charge in [-0.3, -0.25) is 0 Å². The minimum atomic E-state index is -0.267. The molecule has 16 heavy (non-hydrogen) atoms. The van der Waals surface area contributed by atoms with Crippen molar-refractivity contribution in [3.05, 3.63) is 45.1 Å². The summed E-state index contributed by atoms with van der Waals surface area (Å²) in [6, 6.07) is 4.58. The number of rotatable bonds is 3. The van der Waals surface area contributed by atoms with Gasteiger partial charge in [0.2, 0.25) is 0 Å². The van der Waals surface area contributed by atoms with Crippen LogP contribution in [0.15, 0.2) is 28.1 Å².